The van der Waals surface area contributed by atoms with Gasteiger partial charge in [-0.1, -0.05) is 18.2 Å². The van der Waals surface area contributed by atoms with Crippen molar-refractivity contribution in [1.29, 1.82) is 0 Å². The zero-order chi connectivity index (χ0) is 15.4. The van der Waals surface area contributed by atoms with E-state index in [4.69, 9.17) is 21.7 Å². The summed E-state index contributed by atoms with van der Waals surface area (Å²) < 4.78 is 10.5. The van der Waals surface area contributed by atoms with E-state index in [1.807, 2.05) is 31.2 Å². The molecule has 0 amide bonds. The largest absolute Gasteiger partial charge is 0.494 e. The van der Waals surface area contributed by atoms with Gasteiger partial charge in [-0.15, -0.1) is 0 Å². The number of thiocarbonyl (C=S) groups is 1. The molecule has 1 atom stereocenters. The molecule has 0 bridgehead atoms. The first kappa shape index (κ1) is 15.3. The van der Waals surface area contributed by atoms with Crippen LogP contribution in [-0.2, 0) is 9.53 Å². The summed E-state index contributed by atoms with van der Waals surface area (Å²) >= 11 is 5.19. The summed E-state index contributed by atoms with van der Waals surface area (Å²) in [4.78, 5) is 12.1. The molecule has 0 aromatic heterocycles. The fraction of sp³-hybridized carbons (Fsp3) is 0.333. The van der Waals surface area contributed by atoms with Crippen molar-refractivity contribution in [2.45, 2.75) is 19.9 Å². The molecule has 2 N–H and O–H groups in total. The Hall–Kier alpha value is -2.08. The smallest absolute Gasteiger partial charge is 0.337 e. The number of para-hydroxylation sites is 1. The number of rotatable bonds is 4. The maximum Gasteiger partial charge on any atom is 0.337 e. The van der Waals surface area contributed by atoms with Crippen LogP contribution in [0.15, 0.2) is 35.5 Å². The molecule has 112 valence electrons. The van der Waals surface area contributed by atoms with Gasteiger partial charge in [-0.05, 0) is 32.1 Å². The van der Waals surface area contributed by atoms with Crippen LogP contribution in [0.2, 0.25) is 0 Å². The van der Waals surface area contributed by atoms with Crippen LogP contribution in [0.5, 0.6) is 5.75 Å². The van der Waals surface area contributed by atoms with Gasteiger partial charge in [0, 0.05) is 11.3 Å². The number of hydrogen-bond acceptors (Lipinski definition) is 4. The van der Waals surface area contributed by atoms with E-state index in [-0.39, 0.29) is 0 Å². The fourth-order valence-corrected chi connectivity index (χ4v) is 2.58. The molecule has 0 radical (unpaired) electrons. The van der Waals surface area contributed by atoms with Crippen molar-refractivity contribution in [1.82, 2.24) is 10.6 Å². The third-order valence-corrected chi connectivity index (χ3v) is 3.42. The predicted molar refractivity (Wildman–Crippen MR) is 83.9 cm³/mol. The Morgan fingerprint density at radius 3 is 2.76 bits per heavy atom. The van der Waals surface area contributed by atoms with Crippen LogP contribution in [-0.4, -0.2) is 24.8 Å². The van der Waals surface area contributed by atoms with Crippen LogP contribution in [0.3, 0.4) is 0 Å². The van der Waals surface area contributed by atoms with Crippen molar-refractivity contribution in [3.63, 3.8) is 0 Å². The number of hydrogen-bond donors (Lipinski definition) is 2. The van der Waals surface area contributed by atoms with Gasteiger partial charge in [0.05, 0.1) is 25.3 Å². The van der Waals surface area contributed by atoms with E-state index >= 15 is 0 Å². The van der Waals surface area contributed by atoms with Crippen LogP contribution >= 0.6 is 12.2 Å². The van der Waals surface area contributed by atoms with Gasteiger partial charge in [0.25, 0.3) is 0 Å². The summed E-state index contributed by atoms with van der Waals surface area (Å²) in [6.45, 7) is 4.26. The molecule has 1 aliphatic heterocycles. The van der Waals surface area contributed by atoms with E-state index in [2.05, 4.69) is 10.6 Å². The summed E-state index contributed by atoms with van der Waals surface area (Å²) in [6, 6.07) is 7.17. The molecule has 1 aromatic carbocycles. The third kappa shape index (κ3) is 3.16. The van der Waals surface area contributed by atoms with Gasteiger partial charge in [0.2, 0.25) is 0 Å². The lowest BCUT2D eigenvalue weighted by atomic mass is 9.95. The zero-order valence-corrected chi connectivity index (χ0v) is 13.0. The quantitative estimate of drug-likeness (QED) is 0.656. The molecule has 0 aliphatic carbocycles. The minimum atomic E-state index is -0.397. The second kappa shape index (κ2) is 6.58. The molecule has 21 heavy (non-hydrogen) atoms. The maximum atomic E-state index is 12.1. The second-order valence-electron chi connectivity index (χ2n) is 4.53. The molecule has 0 saturated heterocycles. The van der Waals surface area contributed by atoms with E-state index in [0.717, 1.165) is 11.3 Å². The number of esters is 1. The Morgan fingerprint density at radius 1 is 1.38 bits per heavy atom. The Balaban J connectivity index is 2.51. The van der Waals surface area contributed by atoms with Crippen LogP contribution < -0.4 is 15.4 Å². The summed E-state index contributed by atoms with van der Waals surface area (Å²) in [5, 5.41) is 6.53. The van der Waals surface area contributed by atoms with E-state index in [1.54, 1.807) is 6.92 Å². The number of carbonyl (C=O) groups is 1. The van der Waals surface area contributed by atoms with E-state index in [0.29, 0.717) is 23.0 Å². The molecular weight excluding hydrogens is 288 g/mol. The Bertz CT molecular complexity index is 598. The van der Waals surface area contributed by atoms with Crippen LogP contribution in [0.1, 0.15) is 25.5 Å². The van der Waals surface area contributed by atoms with Crippen molar-refractivity contribution in [2.24, 2.45) is 0 Å². The molecule has 1 heterocycles. The normalized spacial score (nSPS) is 17.9. The van der Waals surface area contributed by atoms with Gasteiger partial charge in [-0.3, -0.25) is 0 Å². The number of allylic oxidation sites excluding steroid dienone is 1. The van der Waals surface area contributed by atoms with Gasteiger partial charge in [-0.25, -0.2) is 4.79 Å². The fourth-order valence-electron chi connectivity index (χ4n) is 2.31. The topological polar surface area (TPSA) is 59.6 Å². The van der Waals surface area contributed by atoms with Crippen molar-refractivity contribution in [2.75, 3.05) is 13.7 Å². The standard InChI is InChI=1S/C15H18N2O3S/c1-4-20-11-8-6-5-7-10(11)13-12(14(18)19-3)9(2)16-15(21)17-13/h5-8,13H,4H2,1-3H3,(H2,16,17,21). The number of carbonyl (C=O) groups excluding carboxylic acids is 1. The summed E-state index contributed by atoms with van der Waals surface area (Å²) in [5.41, 5.74) is 2.03. The minimum Gasteiger partial charge on any atom is -0.494 e. The predicted octanol–water partition coefficient (Wildman–Crippen LogP) is 2.05. The number of benzene rings is 1. The molecular formula is C15H18N2O3S. The Labute approximate surface area is 129 Å². The molecule has 0 saturated carbocycles. The van der Waals surface area contributed by atoms with Gasteiger partial charge in [0.15, 0.2) is 5.11 Å². The summed E-state index contributed by atoms with van der Waals surface area (Å²) in [6.07, 6.45) is 0. The zero-order valence-electron chi connectivity index (χ0n) is 12.2. The van der Waals surface area contributed by atoms with Gasteiger partial charge in [-0.2, -0.15) is 0 Å². The van der Waals surface area contributed by atoms with Gasteiger partial charge in [0.1, 0.15) is 5.75 Å². The highest BCUT2D eigenvalue weighted by Gasteiger charge is 2.32. The maximum absolute atomic E-state index is 12.1. The summed E-state index contributed by atoms with van der Waals surface area (Å²) in [5.74, 6) is 0.322. The molecule has 1 aromatic rings. The average Bonchev–Trinajstić information content (AvgIpc) is 2.46. The van der Waals surface area contributed by atoms with Crippen molar-refractivity contribution in [3.8, 4) is 5.75 Å². The average molecular weight is 306 g/mol. The lowest BCUT2D eigenvalue weighted by molar-refractivity contribution is -0.136. The van der Waals surface area contributed by atoms with E-state index in [9.17, 15) is 4.79 Å². The lowest BCUT2D eigenvalue weighted by Gasteiger charge is -2.30. The highest BCUT2D eigenvalue weighted by molar-refractivity contribution is 7.80. The van der Waals surface area contributed by atoms with Crippen LogP contribution in [0.4, 0.5) is 0 Å². The molecule has 6 heteroatoms. The number of ether oxygens (including phenoxy) is 2. The van der Waals surface area contributed by atoms with Crippen LogP contribution in [0, 0.1) is 0 Å². The van der Waals surface area contributed by atoms with Crippen molar-refractivity contribution < 1.29 is 14.3 Å². The lowest BCUT2D eigenvalue weighted by Crippen LogP contribution is -2.45. The Kier molecular flexibility index (Phi) is 4.80. The second-order valence-corrected chi connectivity index (χ2v) is 4.94. The van der Waals surface area contributed by atoms with Crippen LogP contribution in [0.25, 0.3) is 0 Å². The number of methoxy groups -OCH3 is 1. The molecule has 1 aliphatic rings. The Morgan fingerprint density at radius 2 is 2.10 bits per heavy atom. The third-order valence-electron chi connectivity index (χ3n) is 3.20. The molecule has 0 fully saturated rings. The monoisotopic (exact) mass is 306 g/mol. The molecule has 5 nitrogen and oxygen atoms in total. The van der Waals surface area contributed by atoms with Crippen molar-refractivity contribution in [3.05, 3.63) is 41.1 Å². The van der Waals surface area contributed by atoms with E-state index < -0.39 is 12.0 Å². The molecule has 2 rings (SSSR count). The SMILES string of the molecule is CCOc1ccccc1C1NC(=S)NC(C)=C1C(=O)OC. The summed E-state index contributed by atoms with van der Waals surface area (Å²) in [7, 11) is 1.36. The first-order chi connectivity index (χ1) is 10.1. The molecule has 1 unspecified atom stereocenters. The first-order valence-corrected chi connectivity index (χ1v) is 7.07. The van der Waals surface area contributed by atoms with Gasteiger partial charge < -0.3 is 20.1 Å². The number of nitrogens with one attached hydrogen (secondary N) is 2. The van der Waals surface area contributed by atoms with Crippen molar-refractivity contribution >= 4 is 23.3 Å². The highest BCUT2D eigenvalue weighted by atomic mass is 32.1. The van der Waals surface area contributed by atoms with E-state index in [1.165, 1.54) is 7.11 Å². The minimum absolute atomic E-state index is 0.394. The highest BCUT2D eigenvalue weighted by Crippen LogP contribution is 2.33. The van der Waals surface area contributed by atoms with Gasteiger partial charge >= 0.3 is 5.97 Å². The first-order valence-electron chi connectivity index (χ1n) is 6.66. The molecule has 0 spiro atoms.